The van der Waals surface area contributed by atoms with Gasteiger partial charge in [-0.2, -0.15) is 0 Å². The lowest BCUT2D eigenvalue weighted by Gasteiger charge is -2.19. The molecule has 80 valence electrons. The zero-order valence-corrected chi connectivity index (χ0v) is 8.54. The van der Waals surface area contributed by atoms with Crippen LogP contribution in [0, 0.1) is 0 Å². The van der Waals surface area contributed by atoms with E-state index in [2.05, 4.69) is 5.32 Å². The summed E-state index contributed by atoms with van der Waals surface area (Å²) in [6, 6.07) is -0.328. The van der Waals surface area contributed by atoms with E-state index in [0.29, 0.717) is 19.4 Å². The molecule has 0 saturated carbocycles. The van der Waals surface area contributed by atoms with Gasteiger partial charge in [-0.15, -0.1) is 0 Å². The molecule has 2 N–H and O–H groups in total. The number of carbonyl (C=O) groups is 2. The highest BCUT2D eigenvalue weighted by atomic mass is 16.3. The lowest BCUT2D eigenvalue weighted by molar-refractivity contribution is -0.118. The first-order valence-corrected chi connectivity index (χ1v) is 4.70. The van der Waals surface area contributed by atoms with E-state index >= 15 is 0 Å². The number of aliphatic hydroxyl groups is 1. The van der Waals surface area contributed by atoms with Gasteiger partial charge in [0, 0.05) is 6.54 Å². The van der Waals surface area contributed by atoms with Gasteiger partial charge in [-0.25, -0.2) is 4.79 Å². The van der Waals surface area contributed by atoms with Gasteiger partial charge in [0.1, 0.15) is 6.54 Å². The molecule has 0 aromatic carbocycles. The van der Waals surface area contributed by atoms with Gasteiger partial charge in [-0.3, -0.25) is 10.1 Å². The number of amides is 3. The Balaban J connectivity index is 2.26. The summed E-state index contributed by atoms with van der Waals surface area (Å²) in [6.07, 6.45) is 1.31. The number of rotatable bonds is 4. The third-order valence-electron chi connectivity index (χ3n) is 2.08. The van der Waals surface area contributed by atoms with E-state index in [0.717, 1.165) is 0 Å². The van der Waals surface area contributed by atoms with Crippen molar-refractivity contribution < 1.29 is 14.7 Å². The van der Waals surface area contributed by atoms with Crippen molar-refractivity contribution in [3.63, 3.8) is 0 Å². The van der Waals surface area contributed by atoms with Crippen LogP contribution < -0.4 is 5.32 Å². The molecule has 0 spiro atoms. The molecule has 0 atom stereocenters. The second kappa shape index (κ2) is 3.96. The van der Waals surface area contributed by atoms with Gasteiger partial charge in [0.25, 0.3) is 0 Å². The van der Waals surface area contributed by atoms with Crippen LogP contribution in [0.4, 0.5) is 4.79 Å². The summed E-state index contributed by atoms with van der Waals surface area (Å²) in [5.74, 6) is -0.252. The van der Waals surface area contributed by atoms with Crippen molar-refractivity contribution in [3.05, 3.63) is 0 Å². The maximum atomic E-state index is 11.1. The molecular formula is C9H16N2O3. The Labute approximate surface area is 83.1 Å². The second-order valence-electron chi connectivity index (χ2n) is 4.19. The molecule has 14 heavy (non-hydrogen) atoms. The van der Waals surface area contributed by atoms with Crippen LogP contribution in [0.2, 0.25) is 0 Å². The van der Waals surface area contributed by atoms with Crippen LogP contribution in [0.3, 0.4) is 0 Å². The number of urea groups is 1. The number of carbonyl (C=O) groups excluding carboxylic acids is 2. The highest BCUT2D eigenvalue weighted by Gasteiger charge is 2.26. The molecular weight excluding hydrogens is 184 g/mol. The summed E-state index contributed by atoms with van der Waals surface area (Å²) < 4.78 is 0. The van der Waals surface area contributed by atoms with E-state index in [1.165, 1.54) is 4.90 Å². The molecule has 0 aromatic heterocycles. The smallest absolute Gasteiger partial charge is 0.324 e. The van der Waals surface area contributed by atoms with Crippen molar-refractivity contribution in [2.75, 3.05) is 13.1 Å². The summed E-state index contributed by atoms with van der Waals surface area (Å²) in [4.78, 5) is 23.3. The number of nitrogens with zero attached hydrogens (tertiary/aromatic N) is 1. The van der Waals surface area contributed by atoms with Crippen molar-refractivity contribution in [2.45, 2.75) is 32.3 Å². The van der Waals surface area contributed by atoms with Gasteiger partial charge in [0.15, 0.2) is 0 Å². The van der Waals surface area contributed by atoms with Crippen molar-refractivity contribution in [2.24, 2.45) is 0 Å². The molecule has 0 bridgehead atoms. The summed E-state index contributed by atoms with van der Waals surface area (Å²) in [5.41, 5.74) is -0.708. The summed E-state index contributed by atoms with van der Waals surface area (Å²) in [7, 11) is 0. The number of hydrogen-bond donors (Lipinski definition) is 2. The molecule has 5 nitrogen and oxygen atoms in total. The maximum absolute atomic E-state index is 11.1. The highest BCUT2D eigenvalue weighted by molar-refractivity contribution is 6.01. The van der Waals surface area contributed by atoms with Crippen molar-refractivity contribution in [1.29, 1.82) is 0 Å². The average molecular weight is 200 g/mol. The van der Waals surface area contributed by atoms with Crippen LogP contribution in [0.25, 0.3) is 0 Å². The third kappa shape index (κ3) is 3.33. The molecule has 0 unspecified atom stereocenters. The predicted octanol–water partition coefficient (Wildman–Crippen LogP) is 0.0893. The fourth-order valence-corrected chi connectivity index (χ4v) is 1.37. The zero-order valence-electron chi connectivity index (χ0n) is 8.54. The average Bonchev–Trinajstić information content (AvgIpc) is 2.27. The molecule has 5 heteroatoms. The Morgan fingerprint density at radius 3 is 2.57 bits per heavy atom. The number of hydrogen-bond acceptors (Lipinski definition) is 3. The van der Waals surface area contributed by atoms with Crippen LogP contribution >= 0.6 is 0 Å². The fraction of sp³-hybridized carbons (Fsp3) is 0.778. The third-order valence-corrected chi connectivity index (χ3v) is 2.08. The van der Waals surface area contributed by atoms with Crippen LogP contribution in [0.1, 0.15) is 26.7 Å². The minimum Gasteiger partial charge on any atom is -0.390 e. The van der Waals surface area contributed by atoms with Crippen molar-refractivity contribution in [3.8, 4) is 0 Å². The predicted molar refractivity (Wildman–Crippen MR) is 50.6 cm³/mol. The largest absolute Gasteiger partial charge is 0.390 e. The van der Waals surface area contributed by atoms with E-state index in [1.54, 1.807) is 13.8 Å². The zero-order chi connectivity index (χ0) is 10.8. The lowest BCUT2D eigenvalue weighted by atomic mass is 10.0. The standard InChI is InChI=1S/C9H16N2O3/c1-9(2,14)4-3-5-11-6-7(12)10-8(11)13/h14H,3-6H2,1-2H3,(H,10,12,13). The van der Waals surface area contributed by atoms with E-state index in [-0.39, 0.29) is 18.5 Å². The van der Waals surface area contributed by atoms with Crippen molar-refractivity contribution in [1.82, 2.24) is 10.2 Å². The van der Waals surface area contributed by atoms with Gasteiger partial charge in [0.2, 0.25) is 5.91 Å². The van der Waals surface area contributed by atoms with E-state index in [4.69, 9.17) is 0 Å². The van der Waals surface area contributed by atoms with Gasteiger partial charge in [-0.05, 0) is 26.7 Å². The van der Waals surface area contributed by atoms with Crippen LogP contribution in [0.5, 0.6) is 0 Å². The molecule has 0 aliphatic carbocycles. The molecule has 0 aromatic rings. The highest BCUT2D eigenvalue weighted by Crippen LogP contribution is 2.11. The molecule has 1 heterocycles. The Morgan fingerprint density at radius 2 is 2.14 bits per heavy atom. The van der Waals surface area contributed by atoms with Gasteiger partial charge in [0.05, 0.1) is 5.60 Å². The summed E-state index contributed by atoms with van der Waals surface area (Å²) >= 11 is 0. The molecule has 1 aliphatic heterocycles. The fourth-order valence-electron chi connectivity index (χ4n) is 1.37. The summed E-state index contributed by atoms with van der Waals surface area (Å²) in [5, 5.41) is 11.6. The first-order chi connectivity index (χ1) is 6.38. The van der Waals surface area contributed by atoms with Gasteiger partial charge >= 0.3 is 6.03 Å². The lowest BCUT2D eigenvalue weighted by Crippen LogP contribution is -2.30. The molecule has 1 rings (SSSR count). The minimum atomic E-state index is -0.708. The molecule has 0 radical (unpaired) electrons. The molecule has 1 saturated heterocycles. The Morgan fingerprint density at radius 1 is 1.50 bits per heavy atom. The minimum absolute atomic E-state index is 0.144. The Kier molecular flexibility index (Phi) is 3.10. The second-order valence-corrected chi connectivity index (χ2v) is 4.19. The van der Waals surface area contributed by atoms with E-state index < -0.39 is 5.60 Å². The Hall–Kier alpha value is -1.10. The van der Waals surface area contributed by atoms with Crippen molar-refractivity contribution >= 4 is 11.9 Å². The molecule has 3 amide bonds. The number of imide groups is 1. The Bertz CT molecular complexity index is 245. The van der Waals surface area contributed by atoms with E-state index in [1.807, 2.05) is 0 Å². The normalized spacial score (nSPS) is 17.5. The topological polar surface area (TPSA) is 69.6 Å². The first-order valence-electron chi connectivity index (χ1n) is 4.70. The van der Waals surface area contributed by atoms with Crippen LogP contribution in [-0.2, 0) is 4.79 Å². The molecule has 1 fully saturated rings. The molecule has 1 aliphatic rings. The SMILES string of the molecule is CC(C)(O)CCCN1CC(=O)NC1=O. The van der Waals surface area contributed by atoms with Crippen LogP contribution in [0.15, 0.2) is 0 Å². The summed E-state index contributed by atoms with van der Waals surface area (Å²) in [6.45, 7) is 4.11. The van der Waals surface area contributed by atoms with Gasteiger partial charge in [-0.1, -0.05) is 0 Å². The monoisotopic (exact) mass is 200 g/mol. The van der Waals surface area contributed by atoms with Crippen LogP contribution in [-0.4, -0.2) is 40.6 Å². The quantitative estimate of drug-likeness (QED) is 0.632. The maximum Gasteiger partial charge on any atom is 0.324 e. The van der Waals surface area contributed by atoms with E-state index in [9.17, 15) is 14.7 Å². The number of nitrogens with one attached hydrogen (secondary N) is 1. The van der Waals surface area contributed by atoms with Gasteiger partial charge < -0.3 is 10.0 Å². The first kappa shape index (κ1) is 11.0.